The number of benzene rings is 2. The molecule has 1 atom stereocenters. The van der Waals surface area contributed by atoms with Gasteiger partial charge in [0.05, 0.1) is 21.6 Å². The molecular weight excluding hydrogens is 899 g/mol. The highest BCUT2D eigenvalue weighted by Gasteiger charge is 2.55. The Bertz CT molecular complexity index is 2810. The van der Waals surface area contributed by atoms with Crippen molar-refractivity contribution in [3.05, 3.63) is 106 Å². The summed E-state index contributed by atoms with van der Waals surface area (Å²) in [4.78, 5) is 45.0. The number of piperazine rings is 1. The zero-order valence-electron chi connectivity index (χ0n) is 39.6. The van der Waals surface area contributed by atoms with Crippen LogP contribution in [0.15, 0.2) is 84.1 Å². The monoisotopic (exact) mass is 961 g/mol. The number of nitro groups is 1. The van der Waals surface area contributed by atoms with Gasteiger partial charge in [-0.05, 0) is 106 Å². The summed E-state index contributed by atoms with van der Waals surface area (Å²) in [5.41, 5.74) is 2.52. The summed E-state index contributed by atoms with van der Waals surface area (Å²) in [5, 5.41) is 26.4. The topological polar surface area (TPSA) is 208 Å². The fourth-order valence-corrected chi connectivity index (χ4v) is 12.5. The van der Waals surface area contributed by atoms with Crippen molar-refractivity contribution < 1.29 is 32.7 Å². The second kappa shape index (κ2) is 18.9. The van der Waals surface area contributed by atoms with E-state index in [2.05, 4.69) is 77.8 Å². The van der Waals surface area contributed by atoms with Crippen molar-refractivity contribution in [1.29, 1.82) is 0 Å². The number of nitrogens with one attached hydrogen (secondary N) is 3. The standard InChI is InChI=1S/C51H63N9O8S/c1-33(2)40-6-4-5-7-41(40)45-30-57(36-13-20-67-21-14-36)18-19-59(45)37-25-51(26-37)31-58(32-51)47-24-46(68-38-22-35-12-17-52-48(35)55-28-38)42(29-54-47)49(61)56-69(65,66)39-8-9-43(44(23-39)60(63)64)53-27-34-10-15-50(3,62)16-11-34/h4-9,12,17,22-24,28-29,33-34,36-37,45,53,62H,10-11,13-16,18-21,25-27,30-32H2,1-3H3,(H,52,55)(H,56,61)/t34-,45?,50-. The molecule has 69 heavy (non-hydrogen) atoms. The van der Waals surface area contributed by atoms with Gasteiger partial charge >= 0.3 is 0 Å². The molecule has 0 radical (unpaired) electrons. The van der Waals surface area contributed by atoms with Gasteiger partial charge in [-0.25, -0.2) is 23.1 Å². The second-order valence-corrected chi connectivity index (χ2v) is 22.4. The van der Waals surface area contributed by atoms with E-state index < -0.39 is 37.0 Å². The molecule has 0 bridgehead atoms. The molecular formula is C51H63N9O8S. The van der Waals surface area contributed by atoms with Gasteiger partial charge < -0.3 is 29.8 Å². The van der Waals surface area contributed by atoms with Gasteiger partial charge in [-0.2, -0.15) is 0 Å². The van der Waals surface area contributed by atoms with Crippen molar-refractivity contribution in [3.63, 3.8) is 0 Å². The lowest BCUT2D eigenvalue weighted by Crippen LogP contribution is -2.68. The van der Waals surface area contributed by atoms with Crippen molar-refractivity contribution in [2.75, 3.05) is 62.7 Å². The van der Waals surface area contributed by atoms with E-state index in [1.807, 2.05) is 13.0 Å². The van der Waals surface area contributed by atoms with Gasteiger partial charge in [-0.3, -0.25) is 24.7 Å². The molecule has 3 aromatic heterocycles. The predicted octanol–water partition coefficient (Wildman–Crippen LogP) is 7.76. The van der Waals surface area contributed by atoms with Crippen LogP contribution in [0.2, 0.25) is 0 Å². The first-order valence-electron chi connectivity index (χ1n) is 24.5. The molecule has 3 saturated heterocycles. The average molecular weight is 962 g/mol. The number of carbonyl (C=O) groups is 1. The highest BCUT2D eigenvalue weighted by atomic mass is 32.2. The van der Waals surface area contributed by atoms with Crippen LogP contribution in [0.1, 0.15) is 106 Å². The lowest BCUT2D eigenvalue weighted by atomic mass is 9.60. The molecule has 17 nitrogen and oxygen atoms in total. The molecule has 1 unspecified atom stereocenters. The minimum Gasteiger partial charge on any atom is -0.455 e. The molecule has 3 aliphatic heterocycles. The van der Waals surface area contributed by atoms with Crippen LogP contribution in [-0.4, -0.2) is 119 Å². The van der Waals surface area contributed by atoms with Crippen molar-refractivity contribution in [3.8, 4) is 11.5 Å². The fraction of sp³-hybridized carbons (Fsp3) is 0.510. The Kier molecular flexibility index (Phi) is 12.9. The lowest BCUT2D eigenvalue weighted by Gasteiger charge is -2.63. The van der Waals surface area contributed by atoms with Crippen LogP contribution < -0.4 is 19.7 Å². The van der Waals surface area contributed by atoms with Gasteiger partial charge in [0.15, 0.2) is 0 Å². The number of pyridine rings is 2. The van der Waals surface area contributed by atoms with Crippen LogP contribution in [0.4, 0.5) is 17.2 Å². The second-order valence-electron chi connectivity index (χ2n) is 20.7. The average Bonchev–Trinajstić information content (AvgIpc) is 3.79. The van der Waals surface area contributed by atoms with E-state index in [1.54, 1.807) is 18.3 Å². The van der Waals surface area contributed by atoms with E-state index in [9.17, 15) is 28.4 Å². The highest BCUT2D eigenvalue weighted by molar-refractivity contribution is 7.90. The number of aromatic nitrogens is 3. The Morgan fingerprint density at radius 2 is 1.77 bits per heavy atom. The van der Waals surface area contributed by atoms with E-state index in [4.69, 9.17) is 9.47 Å². The summed E-state index contributed by atoms with van der Waals surface area (Å²) in [6, 6.07) is 19.1. The molecule has 5 aliphatic rings. The molecule has 2 aliphatic carbocycles. The summed E-state index contributed by atoms with van der Waals surface area (Å²) < 4.78 is 41.7. The lowest BCUT2D eigenvalue weighted by molar-refractivity contribution is -0.384. The number of aromatic amines is 1. The molecule has 366 valence electrons. The number of nitro benzene ring substituents is 1. The van der Waals surface area contributed by atoms with Crippen molar-refractivity contribution in [2.45, 2.75) is 107 Å². The van der Waals surface area contributed by atoms with Gasteiger partial charge in [0.2, 0.25) is 0 Å². The fourth-order valence-electron chi connectivity index (χ4n) is 11.5. The van der Waals surface area contributed by atoms with Crippen molar-refractivity contribution in [1.82, 2.24) is 29.5 Å². The first-order valence-corrected chi connectivity index (χ1v) is 26.0. The zero-order valence-corrected chi connectivity index (χ0v) is 40.4. The van der Waals surface area contributed by atoms with Crippen LogP contribution in [0.25, 0.3) is 11.0 Å². The number of fused-ring (bicyclic) bond motifs is 1. The van der Waals surface area contributed by atoms with E-state index in [-0.39, 0.29) is 28.3 Å². The van der Waals surface area contributed by atoms with E-state index in [0.29, 0.717) is 60.6 Å². The first kappa shape index (κ1) is 47.0. The number of hydrogen-bond donors (Lipinski definition) is 4. The number of ether oxygens (including phenoxy) is 2. The van der Waals surface area contributed by atoms with Crippen LogP contribution >= 0.6 is 0 Å². The Morgan fingerprint density at radius 3 is 2.52 bits per heavy atom. The van der Waals surface area contributed by atoms with Gasteiger partial charge in [-0.15, -0.1) is 0 Å². The number of carbonyl (C=O) groups excluding carboxylic acids is 1. The van der Waals surface area contributed by atoms with Crippen LogP contribution in [0, 0.1) is 21.4 Å². The molecule has 6 heterocycles. The van der Waals surface area contributed by atoms with Gasteiger partial charge in [0, 0.05) is 106 Å². The normalized spacial score (nSPS) is 23.7. The summed E-state index contributed by atoms with van der Waals surface area (Å²) >= 11 is 0. The van der Waals surface area contributed by atoms with Crippen LogP contribution in [-0.2, 0) is 14.8 Å². The third-order valence-electron chi connectivity index (χ3n) is 15.5. The van der Waals surface area contributed by atoms with Gasteiger partial charge in [-0.1, -0.05) is 38.1 Å². The van der Waals surface area contributed by atoms with Crippen LogP contribution in [0.3, 0.4) is 0 Å². The smallest absolute Gasteiger partial charge is 0.293 e. The minimum atomic E-state index is -4.60. The number of H-pyrrole nitrogens is 1. The van der Waals surface area contributed by atoms with E-state index in [0.717, 1.165) is 95.9 Å². The maximum atomic E-state index is 14.0. The number of anilines is 2. The molecule has 10 rings (SSSR count). The largest absolute Gasteiger partial charge is 0.455 e. The number of rotatable bonds is 14. The maximum Gasteiger partial charge on any atom is 0.293 e. The third-order valence-corrected chi connectivity index (χ3v) is 16.8. The van der Waals surface area contributed by atoms with Crippen molar-refractivity contribution >= 4 is 44.2 Å². The maximum absolute atomic E-state index is 14.0. The number of aliphatic hydroxyl groups is 1. The molecule has 1 spiro atoms. The summed E-state index contributed by atoms with van der Waals surface area (Å²) in [7, 11) is -4.60. The van der Waals surface area contributed by atoms with Crippen LogP contribution in [0.5, 0.6) is 11.5 Å². The Balaban J connectivity index is 0.844. The molecule has 5 fully saturated rings. The van der Waals surface area contributed by atoms with Gasteiger partial charge in [0.1, 0.15) is 34.2 Å². The summed E-state index contributed by atoms with van der Waals surface area (Å²) in [5.74, 6) is 0.628. The SMILES string of the molecule is CC(C)c1ccccc1C1CN(C2CCOCC2)CCN1C1CC2(C1)CN(c1cc(Oc3cnc4[nH]ccc4c3)c(C(=O)NS(=O)(=O)c3ccc(NC[C@H]4CC[C@](C)(O)CC4)c([N+](=O)[O-])c3)cn1)C2. The van der Waals surface area contributed by atoms with Gasteiger partial charge in [0.25, 0.3) is 21.6 Å². The first-order chi connectivity index (χ1) is 33.1. The summed E-state index contributed by atoms with van der Waals surface area (Å²) in [6.45, 7) is 13.1. The quantitative estimate of drug-likeness (QED) is 0.0620. The van der Waals surface area contributed by atoms with E-state index in [1.165, 1.54) is 35.7 Å². The molecule has 5 aromatic rings. The molecule has 1 amide bonds. The third kappa shape index (κ3) is 9.91. The minimum absolute atomic E-state index is 0.0839. The highest BCUT2D eigenvalue weighted by Crippen LogP contribution is 2.53. The van der Waals surface area contributed by atoms with E-state index >= 15 is 0 Å². The zero-order chi connectivity index (χ0) is 48.1. The predicted molar refractivity (Wildman–Crippen MR) is 262 cm³/mol. The number of amides is 1. The number of nitrogens with zero attached hydrogens (tertiary/aromatic N) is 6. The molecule has 4 N–H and O–H groups in total. The Labute approximate surface area is 403 Å². The number of hydrogen-bond acceptors (Lipinski definition) is 14. The summed E-state index contributed by atoms with van der Waals surface area (Å²) in [6.07, 6.45) is 11.7. The Hall–Kier alpha value is -5.66. The molecule has 2 aromatic carbocycles. The Morgan fingerprint density at radius 1 is 1.00 bits per heavy atom. The van der Waals surface area contributed by atoms with Crippen molar-refractivity contribution in [2.24, 2.45) is 11.3 Å². The molecule has 2 saturated carbocycles. The number of sulfonamides is 1. The molecule has 18 heteroatoms.